The maximum Gasteiger partial charge on any atom is 0.310 e. The number of nitrogens with one attached hydrogen (secondary N) is 1. The average Bonchev–Trinajstić information content (AvgIpc) is 2.10. The van der Waals surface area contributed by atoms with E-state index in [-0.39, 0.29) is 17.9 Å². The summed E-state index contributed by atoms with van der Waals surface area (Å²) in [5.74, 6) is -1.50. The highest BCUT2D eigenvalue weighted by atomic mass is 16.5. The van der Waals surface area contributed by atoms with Crippen LogP contribution in [0.1, 0.15) is 13.8 Å². The standard InChI is InChI=1S/C9H15NO4/c1-4(9(13)14-3)7-6(5(2)11)8(12)10-7/h4-7,11H,1-3H3,(H,10,12)/t4-,5+,6-,7-/m1/s1. The zero-order valence-electron chi connectivity index (χ0n) is 8.48. The first-order valence-corrected chi connectivity index (χ1v) is 4.55. The van der Waals surface area contributed by atoms with Gasteiger partial charge in [-0.1, -0.05) is 0 Å². The zero-order chi connectivity index (χ0) is 10.9. The molecule has 4 atom stereocenters. The Bertz CT molecular complexity index is 251. The van der Waals surface area contributed by atoms with E-state index in [9.17, 15) is 14.7 Å². The van der Waals surface area contributed by atoms with Gasteiger partial charge in [-0.3, -0.25) is 9.59 Å². The molecule has 0 bridgehead atoms. The van der Waals surface area contributed by atoms with E-state index in [0.29, 0.717) is 0 Å². The maximum absolute atomic E-state index is 11.2. The highest BCUT2D eigenvalue weighted by molar-refractivity contribution is 5.88. The van der Waals surface area contributed by atoms with Gasteiger partial charge in [0.1, 0.15) is 0 Å². The number of methoxy groups -OCH3 is 1. The van der Waals surface area contributed by atoms with E-state index >= 15 is 0 Å². The summed E-state index contributed by atoms with van der Waals surface area (Å²) in [5.41, 5.74) is 0. The highest BCUT2D eigenvalue weighted by Gasteiger charge is 2.47. The third-order valence-electron chi connectivity index (χ3n) is 2.63. The Labute approximate surface area is 82.4 Å². The number of hydrogen-bond donors (Lipinski definition) is 2. The summed E-state index contributed by atoms with van der Waals surface area (Å²) in [4.78, 5) is 22.2. The molecular formula is C9H15NO4. The molecule has 1 aliphatic heterocycles. The molecule has 14 heavy (non-hydrogen) atoms. The van der Waals surface area contributed by atoms with Crippen molar-refractivity contribution in [1.29, 1.82) is 0 Å². The number of carbonyl (C=O) groups excluding carboxylic acids is 2. The second kappa shape index (κ2) is 3.96. The lowest BCUT2D eigenvalue weighted by molar-refractivity contribution is -0.153. The monoisotopic (exact) mass is 201 g/mol. The predicted octanol–water partition coefficient (Wildman–Crippen LogP) is -0.709. The number of rotatable bonds is 3. The maximum atomic E-state index is 11.2. The first kappa shape index (κ1) is 11.0. The van der Waals surface area contributed by atoms with Gasteiger partial charge >= 0.3 is 5.97 Å². The van der Waals surface area contributed by atoms with Gasteiger partial charge in [-0.25, -0.2) is 0 Å². The fourth-order valence-corrected chi connectivity index (χ4v) is 1.70. The molecule has 1 aliphatic rings. The molecule has 1 saturated heterocycles. The van der Waals surface area contributed by atoms with Gasteiger partial charge in [0.25, 0.3) is 0 Å². The van der Waals surface area contributed by atoms with Crippen LogP contribution in [-0.2, 0) is 14.3 Å². The second-order valence-corrected chi connectivity index (χ2v) is 3.61. The number of amides is 1. The van der Waals surface area contributed by atoms with Gasteiger partial charge in [-0.05, 0) is 13.8 Å². The first-order valence-electron chi connectivity index (χ1n) is 4.55. The molecule has 1 amide bonds. The number of hydrogen-bond acceptors (Lipinski definition) is 4. The Balaban J connectivity index is 2.62. The smallest absolute Gasteiger partial charge is 0.310 e. The molecule has 5 nitrogen and oxygen atoms in total. The van der Waals surface area contributed by atoms with Crippen molar-refractivity contribution >= 4 is 11.9 Å². The third kappa shape index (κ3) is 1.72. The minimum absolute atomic E-state index is 0.208. The molecule has 0 aromatic rings. The molecule has 80 valence electrons. The molecule has 1 fully saturated rings. The van der Waals surface area contributed by atoms with Gasteiger partial charge in [0.15, 0.2) is 0 Å². The van der Waals surface area contributed by atoms with Crippen molar-refractivity contribution in [2.45, 2.75) is 26.0 Å². The molecule has 0 radical (unpaired) electrons. The molecule has 0 saturated carbocycles. The van der Waals surface area contributed by atoms with Crippen LogP contribution >= 0.6 is 0 Å². The van der Waals surface area contributed by atoms with Crippen molar-refractivity contribution in [1.82, 2.24) is 5.32 Å². The van der Waals surface area contributed by atoms with Crippen molar-refractivity contribution < 1.29 is 19.4 Å². The summed E-state index contributed by atoms with van der Waals surface area (Å²) in [6.45, 7) is 3.21. The molecule has 0 spiro atoms. The first-order chi connectivity index (χ1) is 6.49. The molecule has 5 heteroatoms. The van der Waals surface area contributed by atoms with E-state index in [4.69, 9.17) is 0 Å². The normalized spacial score (nSPS) is 29.9. The van der Waals surface area contributed by atoms with Gasteiger partial charge in [0.05, 0.1) is 31.1 Å². The lowest BCUT2D eigenvalue weighted by atomic mass is 9.79. The molecule has 0 unspecified atom stereocenters. The van der Waals surface area contributed by atoms with Crippen molar-refractivity contribution in [2.24, 2.45) is 11.8 Å². The number of ether oxygens (including phenoxy) is 1. The fraction of sp³-hybridized carbons (Fsp3) is 0.778. The largest absolute Gasteiger partial charge is 0.469 e. The summed E-state index contributed by atoms with van der Waals surface area (Å²) in [6, 6.07) is -0.310. The summed E-state index contributed by atoms with van der Waals surface area (Å²) in [6.07, 6.45) is -0.735. The van der Waals surface area contributed by atoms with E-state index in [1.165, 1.54) is 7.11 Å². The molecule has 0 aromatic heterocycles. The van der Waals surface area contributed by atoms with Crippen molar-refractivity contribution in [3.63, 3.8) is 0 Å². The van der Waals surface area contributed by atoms with Crippen LogP contribution in [0.4, 0.5) is 0 Å². The summed E-state index contributed by atoms with van der Waals surface area (Å²) < 4.78 is 4.56. The fourth-order valence-electron chi connectivity index (χ4n) is 1.70. The van der Waals surface area contributed by atoms with Crippen LogP contribution in [0.15, 0.2) is 0 Å². The molecule has 1 heterocycles. The van der Waals surface area contributed by atoms with Crippen LogP contribution in [0.25, 0.3) is 0 Å². The Morgan fingerprint density at radius 3 is 2.50 bits per heavy atom. The third-order valence-corrected chi connectivity index (χ3v) is 2.63. The van der Waals surface area contributed by atoms with Gasteiger partial charge in [0.2, 0.25) is 5.91 Å². The van der Waals surface area contributed by atoms with Crippen LogP contribution in [0.5, 0.6) is 0 Å². The Morgan fingerprint density at radius 1 is 1.57 bits per heavy atom. The van der Waals surface area contributed by atoms with Gasteiger partial charge in [0, 0.05) is 0 Å². The SMILES string of the molecule is COC(=O)[C@H](C)[C@H]1NC(=O)[C@@H]1[C@H](C)O. The number of esters is 1. The molecular weight excluding hydrogens is 186 g/mol. The second-order valence-electron chi connectivity index (χ2n) is 3.61. The lowest BCUT2D eigenvalue weighted by Gasteiger charge is -2.40. The topological polar surface area (TPSA) is 75.6 Å². The van der Waals surface area contributed by atoms with Crippen LogP contribution in [0.2, 0.25) is 0 Å². The zero-order valence-corrected chi connectivity index (χ0v) is 8.48. The van der Waals surface area contributed by atoms with Crippen molar-refractivity contribution in [3.05, 3.63) is 0 Å². The Kier molecular flexibility index (Phi) is 3.10. The van der Waals surface area contributed by atoms with Crippen molar-refractivity contribution in [2.75, 3.05) is 7.11 Å². The van der Waals surface area contributed by atoms with Crippen LogP contribution < -0.4 is 5.32 Å². The minimum atomic E-state index is -0.735. The summed E-state index contributed by atoms with van der Waals surface area (Å²) in [5, 5.41) is 11.9. The van der Waals surface area contributed by atoms with E-state index in [1.54, 1.807) is 13.8 Å². The number of aliphatic hydroxyl groups is 1. The van der Waals surface area contributed by atoms with E-state index < -0.39 is 17.9 Å². The molecule has 0 aliphatic carbocycles. The summed E-state index contributed by atoms with van der Waals surface area (Å²) >= 11 is 0. The summed E-state index contributed by atoms with van der Waals surface area (Å²) in [7, 11) is 1.30. The van der Waals surface area contributed by atoms with Gasteiger partial charge < -0.3 is 15.2 Å². The highest BCUT2D eigenvalue weighted by Crippen LogP contribution is 2.25. The predicted molar refractivity (Wildman–Crippen MR) is 48.3 cm³/mol. The van der Waals surface area contributed by atoms with Crippen molar-refractivity contribution in [3.8, 4) is 0 Å². The number of carbonyl (C=O) groups is 2. The van der Waals surface area contributed by atoms with Gasteiger partial charge in [-0.2, -0.15) is 0 Å². The van der Waals surface area contributed by atoms with E-state index in [0.717, 1.165) is 0 Å². The average molecular weight is 201 g/mol. The van der Waals surface area contributed by atoms with Gasteiger partial charge in [-0.15, -0.1) is 0 Å². The number of β-lactam (4-membered cyclic amide) rings is 1. The van der Waals surface area contributed by atoms with E-state index in [1.807, 2.05) is 0 Å². The molecule has 2 N–H and O–H groups in total. The van der Waals surface area contributed by atoms with E-state index in [2.05, 4.69) is 10.1 Å². The Morgan fingerprint density at radius 2 is 2.14 bits per heavy atom. The van der Waals surface area contributed by atoms with Crippen LogP contribution in [-0.4, -0.2) is 36.2 Å². The van der Waals surface area contributed by atoms with Crippen LogP contribution in [0.3, 0.4) is 0 Å². The molecule has 0 aromatic carbocycles. The minimum Gasteiger partial charge on any atom is -0.469 e. The number of aliphatic hydroxyl groups excluding tert-OH is 1. The van der Waals surface area contributed by atoms with Crippen LogP contribution in [0, 0.1) is 11.8 Å². The quantitative estimate of drug-likeness (QED) is 0.467. The Hall–Kier alpha value is -1.10. The molecule has 1 rings (SSSR count). The lowest BCUT2D eigenvalue weighted by Crippen LogP contribution is -2.65.